The summed E-state index contributed by atoms with van der Waals surface area (Å²) in [5, 5.41) is 9.26. The number of nitrogens with one attached hydrogen (secondary N) is 2. The SMILES string of the molecule is C=CC(=O)N1CC(Nc2cc3c(Nc4ccc(Oc5nc(-c6cnc(OC)nc6)cs5)cc4F)ncnc3cc2OC)C1. The number of methoxy groups -OCH3 is 2. The fourth-order valence-corrected chi connectivity index (χ4v) is 5.14. The van der Waals surface area contributed by atoms with E-state index in [2.05, 4.69) is 42.1 Å². The van der Waals surface area contributed by atoms with Crippen molar-refractivity contribution in [1.29, 1.82) is 0 Å². The molecule has 0 radical (unpaired) electrons. The summed E-state index contributed by atoms with van der Waals surface area (Å²) in [7, 11) is 3.06. The van der Waals surface area contributed by atoms with Crippen molar-refractivity contribution in [3.63, 3.8) is 0 Å². The van der Waals surface area contributed by atoms with Crippen molar-refractivity contribution in [2.75, 3.05) is 37.9 Å². The van der Waals surface area contributed by atoms with Crippen LogP contribution in [-0.4, -0.2) is 69.1 Å². The topological polar surface area (TPSA) is 137 Å². The first-order valence-electron chi connectivity index (χ1n) is 13.0. The van der Waals surface area contributed by atoms with Crippen LogP contribution < -0.4 is 24.8 Å². The van der Waals surface area contributed by atoms with Gasteiger partial charge in [-0.2, -0.15) is 0 Å². The molecule has 1 amide bonds. The number of fused-ring (bicyclic) bond motifs is 1. The van der Waals surface area contributed by atoms with Crippen molar-refractivity contribution < 1.29 is 23.4 Å². The van der Waals surface area contributed by atoms with E-state index in [4.69, 9.17) is 14.2 Å². The summed E-state index contributed by atoms with van der Waals surface area (Å²) >= 11 is 1.26. The van der Waals surface area contributed by atoms with Crippen molar-refractivity contribution >= 4 is 45.3 Å². The highest BCUT2D eigenvalue weighted by atomic mass is 32.1. The Morgan fingerprint density at radius 1 is 1.09 bits per heavy atom. The molecular formula is C29H25FN8O4S. The van der Waals surface area contributed by atoms with Crippen molar-refractivity contribution in [2.45, 2.75) is 6.04 Å². The molecule has 6 rings (SSSR count). The average molecular weight is 601 g/mol. The predicted molar refractivity (Wildman–Crippen MR) is 160 cm³/mol. The molecule has 2 aromatic carbocycles. The van der Waals surface area contributed by atoms with Crippen molar-refractivity contribution in [3.05, 3.63) is 72.9 Å². The molecule has 1 aliphatic rings. The predicted octanol–water partition coefficient (Wildman–Crippen LogP) is 5.04. The van der Waals surface area contributed by atoms with Crippen LogP contribution >= 0.6 is 11.3 Å². The molecule has 0 aliphatic carbocycles. The van der Waals surface area contributed by atoms with E-state index in [-0.39, 0.29) is 29.4 Å². The van der Waals surface area contributed by atoms with E-state index < -0.39 is 5.82 Å². The van der Waals surface area contributed by atoms with Gasteiger partial charge in [0.1, 0.15) is 29.5 Å². The van der Waals surface area contributed by atoms with Gasteiger partial charge in [-0.05, 0) is 24.3 Å². The van der Waals surface area contributed by atoms with Gasteiger partial charge in [-0.1, -0.05) is 17.9 Å². The zero-order chi connectivity index (χ0) is 29.9. The number of thiazole rings is 1. The molecule has 1 saturated heterocycles. The second-order valence-electron chi connectivity index (χ2n) is 9.41. The number of rotatable bonds is 10. The maximum atomic E-state index is 15.2. The van der Waals surface area contributed by atoms with Gasteiger partial charge in [-0.3, -0.25) is 4.79 Å². The van der Waals surface area contributed by atoms with Crippen LogP contribution in [0.25, 0.3) is 22.2 Å². The van der Waals surface area contributed by atoms with Gasteiger partial charge in [0.2, 0.25) is 5.91 Å². The number of hydrogen-bond donors (Lipinski definition) is 2. The number of anilines is 3. The molecule has 0 bridgehead atoms. The Kier molecular flexibility index (Phi) is 7.66. The highest BCUT2D eigenvalue weighted by Gasteiger charge is 2.30. The van der Waals surface area contributed by atoms with Crippen LogP contribution in [0.3, 0.4) is 0 Å². The van der Waals surface area contributed by atoms with Crippen LogP contribution in [0, 0.1) is 5.82 Å². The van der Waals surface area contributed by atoms with E-state index in [0.29, 0.717) is 57.7 Å². The summed E-state index contributed by atoms with van der Waals surface area (Å²) in [6.07, 6.45) is 5.90. The number of benzene rings is 2. The van der Waals surface area contributed by atoms with Gasteiger partial charge >= 0.3 is 6.01 Å². The summed E-state index contributed by atoms with van der Waals surface area (Å²) in [5.41, 5.74) is 2.84. The highest BCUT2D eigenvalue weighted by Crippen LogP contribution is 2.36. The average Bonchev–Trinajstić information content (AvgIpc) is 3.48. The first-order chi connectivity index (χ1) is 20.9. The standard InChI is InChI=1S/C29H25FN8O4S/c1-4-26(39)38-12-17(13-38)35-23-8-19-22(9-25(23)40-2)33-15-34-27(19)36-21-6-5-18(7-20(21)30)42-29-37-24(14-43-29)16-10-31-28(41-3)32-11-16/h4-11,14-15,17,35H,1,12-13H2,2-3H3,(H,33,34,36). The molecule has 3 aromatic heterocycles. The number of carbonyl (C=O) groups excluding carboxylic acids is 1. The van der Waals surface area contributed by atoms with Gasteiger partial charge in [0.25, 0.3) is 5.19 Å². The fraction of sp³-hybridized carbons (Fsp3) is 0.172. The molecule has 0 saturated carbocycles. The summed E-state index contributed by atoms with van der Waals surface area (Å²) in [6.45, 7) is 4.61. The third-order valence-electron chi connectivity index (χ3n) is 6.67. The molecule has 4 heterocycles. The number of amides is 1. The van der Waals surface area contributed by atoms with Gasteiger partial charge in [0.15, 0.2) is 0 Å². The van der Waals surface area contributed by atoms with Crippen LogP contribution in [0.15, 0.2) is 67.1 Å². The van der Waals surface area contributed by atoms with Crippen LogP contribution in [0.2, 0.25) is 0 Å². The van der Waals surface area contributed by atoms with Gasteiger partial charge in [0.05, 0.1) is 42.8 Å². The third kappa shape index (κ3) is 5.85. The van der Waals surface area contributed by atoms with Gasteiger partial charge in [0, 0.05) is 53.9 Å². The van der Waals surface area contributed by atoms with Crippen LogP contribution in [-0.2, 0) is 4.79 Å². The molecule has 5 aromatic rings. The highest BCUT2D eigenvalue weighted by molar-refractivity contribution is 7.11. The second-order valence-corrected chi connectivity index (χ2v) is 10.2. The molecule has 0 spiro atoms. The minimum Gasteiger partial charge on any atom is -0.495 e. The molecular weight excluding hydrogens is 575 g/mol. The smallest absolute Gasteiger partial charge is 0.316 e. The lowest BCUT2D eigenvalue weighted by Crippen LogP contribution is -2.56. The molecule has 1 fully saturated rings. The van der Waals surface area contributed by atoms with E-state index in [1.165, 1.54) is 36.9 Å². The minimum absolute atomic E-state index is 0.0414. The number of ether oxygens (including phenoxy) is 3. The normalized spacial score (nSPS) is 12.9. The maximum Gasteiger partial charge on any atom is 0.316 e. The lowest BCUT2D eigenvalue weighted by atomic mass is 10.1. The van der Waals surface area contributed by atoms with Crippen LogP contribution in [0.4, 0.5) is 21.6 Å². The molecule has 218 valence electrons. The Labute approximate surface area is 249 Å². The molecule has 0 unspecified atom stereocenters. The van der Waals surface area contributed by atoms with Crippen molar-refractivity contribution in [2.24, 2.45) is 0 Å². The number of hydrogen-bond acceptors (Lipinski definition) is 12. The molecule has 2 N–H and O–H groups in total. The quantitative estimate of drug-likeness (QED) is 0.209. The summed E-state index contributed by atoms with van der Waals surface area (Å²) in [6, 6.07) is 8.39. The molecule has 0 atom stereocenters. The van der Waals surface area contributed by atoms with E-state index in [1.54, 1.807) is 48.0 Å². The number of halogens is 1. The Morgan fingerprint density at radius 3 is 2.63 bits per heavy atom. The molecule has 43 heavy (non-hydrogen) atoms. The first-order valence-corrected chi connectivity index (χ1v) is 13.9. The van der Waals surface area contributed by atoms with Gasteiger partial charge < -0.3 is 29.7 Å². The van der Waals surface area contributed by atoms with E-state index >= 15 is 4.39 Å². The molecule has 14 heteroatoms. The Balaban J connectivity index is 1.18. The first kappa shape index (κ1) is 27.8. The number of aromatic nitrogens is 5. The summed E-state index contributed by atoms with van der Waals surface area (Å²) in [5.74, 6) is 0.623. The largest absolute Gasteiger partial charge is 0.495 e. The van der Waals surface area contributed by atoms with E-state index in [1.807, 2.05) is 6.07 Å². The van der Waals surface area contributed by atoms with E-state index in [0.717, 1.165) is 0 Å². The fourth-order valence-electron chi connectivity index (χ4n) is 4.44. The second kappa shape index (κ2) is 11.9. The van der Waals surface area contributed by atoms with Crippen molar-refractivity contribution in [3.8, 4) is 34.0 Å². The molecule has 12 nitrogen and oxygen atoms in total. The monoisotopic (exact) mass is 600 g/mol. The zero-order valence-electron chi connectivity index (χ0n) is 23.1. The molecule has 1 aliphatic heterocycles. The maximum absolute atomic E-state index is 15.2. The lowest BCUT2D eigenvalue weighted by Gasteiger charge is -2.39. The Morgan fingerprint density at radius 2 is 1.91 bits per heavy atom. The number of nitrogens with zero attached hydrogens (tertiary/aromatic N) is 6. The zero-order valence-corrected chi connectivity index (χ0v) is 23.9. The number of likely N-dealkylation sites (tertiary alicyclic amines) is 1. The van der Waals surface area contributed by atoms with Crippen LogP contribution in [0.1, 0.15) is 0 Å². The van der Waals surface area contributed by atoms with Gasteiger partial charge in [-0.15, -0.1) is 0 Å². The van der Waals surface area contributed by atoms with Crippen molar-refractivity contribution in [1.82, 2.24) is 29.8 Å². The Bertz CT molecular complexity index is 1810. The third-order valence-corrected chi connectivity index (χ3v) is 7.39. The Hall–Kier alpha value is -5.37. The minimum atomic E-state index is -0.544. The van der Waals surface area contributed by atoms with E-state index in [9.17, 15) is 4.79 Å². The van der Waals surface area contributed by atoms with Crippen LogP contribution in [0.5, 0.6) is 22.7 Å². The number of carbonyl (C=O) groups is 1. The summed E-state index contributed by atoms with van der Waals surface area (Å²) < 4.78 is 31.6. The lowest BCUT2D eigenvalue weighted by molar-refractivity contribution is -0.129. The van der Waals surface area contributed by atoms with Gasteiger partial charge in [-0.25, -0.2) is 29.3 Å². The summed E-state index contributed by atoms with van der Waals surface area (Å²) in [4.78, 5) is 34.8.